The Bertz CT molecular complexity index is 1090. The number of ether oxygens (including phenoxy) is 2. The molecule has 0 spiro atoms. The van der Waals surface area contributed by atoms with Gasteiger partial charge in [-0.3, -0.25) is 4.79 Å². The van der Waals surface area contributed by atoms with Crippen molar-refractivity contribution < 1.29 is 14.3 Å². The van der Waals surface area contributed by atoms with Gasteiger partial charge in [-0.15, -0.1) is 18.2 Å². The van der Waals surface area contributed by atoms with Gasteiger partial charge in [0.05, 0.1) is 31.0 Å². The Hall–Kier alpha value is -2.69. The first-order valence-corrected chi connectivity index (χ1v) is 10.9. The van der Waals surface area contributed by atoms with Crippen LogP contribution in [-0.2, 0) is 11.3 Å². The van der Waals surface area contributed by atoms with Crippen LogP contribution in [0.5, 0.6) is 11.5 Å². The van der Waals surface area contributed by atoms with E-state index in [1.54, 1.807) is 26.0 Å². The molecule has 0 aliphatic rings. The molecule has 0 unspecified atom stereocenters. The van der Waals surface area contributed by atoms with Gasteiger partial charge in [-0.2, -0.15) is 4.99 Å². The third-order valence-corrected chi connectivity index (χ3v) is 6.34. The fourth-order valence-electron chi connectivity index (χ4n) is 2.82. The molecule has 0 atom stereocenters. The number of fused-ring (bicyclic) bond motifs is 1. The smallest absolute Gasteiger partial charge is 0.248 e. The molecule has 0 fully saturated rings. The topological polar surface area (TPSA) is 52.8 Å². The van der Waals surface area contributed by atoms with Crippen LogP contribution in [0.4, 0.5) is 0 Å². The molecular formula is C22H22N2O3S2. The molecule has 0 aliphatic heterocycles. The van der Waals surface area contributed by atoms with Crippen molar-refractivity contribution in [3.63, 3.8) is 0 Å². The Morgan fingerprint density at radius 1 is 1.21 bits per heavy atom. The molecule has 0 bridgehead atoms. The normalized spacial score (nSPS) is 11.4. The van der Waals surface area contributed by atoms with E-state index in [1.165, 1.54) is 16.2 Å². The molecule has 0 radical (unpaired) electrons. The Morgan fingerprint density at radius 3 is 2.62 bits per heavy atom. The van der Waals surface area contributed by atoms with Crippen LogP contribution in [0.3, 0.4) is 0 Å². The number of aromatic nitrogens is 1. The minimum Gasteiger partial charge on any atom is -0.493 e. The molecule has 3 aromatic rings. The summed E-state index contributed by atoms with van der Waals surface area (Å²) in [6, 6.07) is 13.9. The van der Waals surface area contributed by atoms with Crippen LogP contribution in [0.15, 0.2) is 52.4 Å². The maximum absolute atomic E-state index is 12.4. The number of carbonyl (C=O) groups is 1. The van der Waals surface area contributed by atoms with Crippen molar-refractivity contribution in [3.05, 3.63) is 47.3 Å². The maximum Gasteiger partial charge on any atom is 0.248 e. The largest absolute Gasteiger partial charge is 0.493 e. The van der Waals surface area contributed by atoms with E-state index in [1.807, 2.05) is 34.9 Å². The standard InChI is InChI=1S/C22H22N2O3S2/c1-4-12-24-17-14-18(26-2)19(27-3)15-20(17)29-22(24)23-21(25)11-8-13-28-16-9-6-5-7-10-16/h1,5-7,9-10,14-15H,8,11-13H2,2-3H3. The van der Waals surface area contributed by atoms with Crippen LogP contribution in [0.2, 0.25) is 0 Å². The quantitative estimate of drug-likeness (QED) is 0.305. The van der Waals surface area contributed by atoms with Crippen LogP contribution in [0.25, 0.3) is 10.2 Å². The number of amides is 1. The summed E-state index contributed by atoms with van der Waals surface area (Å²) in [5.41, 5.74) is 0.872. The van der Waals surface area contributed by atoms with E-state index in [4.69, 9.17) is 15.9 Å². The summed E-state index contributed by atoms with van der Waals surface area (Å²) in [5, 5.41) is 0. The zero-order valence-corrected chi connectivity index (χ0v) is 18.0. The zero-order chi connectivity index (χ0) is 20.6. The first-order valence-electron chi connectivity index (χ1n) is 9.10. The van der Waals surface area contributed by atoms with E-state index in [9.17, 15) is 4.79 Å². The summed E-state index contributed by atoms with van der Waals surface area (Å²) >= 11 is 3.16. The van der Waals surface area contributed by atoms with E-state index in [2.05, 4.69) is 23.0 Å². The average molecular weight is 427 g/mol. The Morgan fingerprint density at radius 2 is 1.93 bits per heavy atom. The molecule has 1 aromatic heterocycles. The molecule has 1 heterocycles. The fraction of sp³-hybridized carbons (Fsp3) is 0.273. The number of carbonyl (C=O) groups excluding carboxylic acids is 1. The summed E-state index contributed by atoms with van der Waals surface area (Å²) in [5.74, 6) is 4.60. The Balaban J connectivity index is 1.78. The number of thioether (sulfide) groups is 1. The summed E-state index contributed by atoms with van der Waals surface area (Å²) in [6.07, 6.45) is 6.71. The van der Waals surface area contributed by atoms with Gasteiger partial charge in [-0.1, -0.05) is 35.5 Å². The van der Waals surface area contributed by atoms with Crippen LogP contribution in [0.1, 0.15) is 12.8 Å². The predicted molar refractivity (Wildman–Crippen MR) is 119 cm³/mol. The van der Waals surface area contributed by atoms with Gasteiger partial charge < -0.3 is 14.0 Å². The van der Waals surface area contributed by atoms with Crippen molar-refractivity contribution in [2.24, 2.45) is 4.99 Å². The number of methoxy groups -OCH3 is 2. The van der Waals surface area contributed by atoms with E-state index < -0.39 is 0 Å². The van der Waals surface area contributed by atoms with E-state index in [0.717, 1.165) is 22.4 Å². The third kappa shape index (κ3) is 5.22. The molecule has 2 aromatic carbocycles. The van der Waals surface area contributed by atoms with Gasteiger partial charge in [0.1, 0.15) is 0 Å². The van der Waals surface area contributed by atoms with Crippen molar-refractivity contribution in [1.29, 1.82) is 0 Å². The minimum absolute atomic E-state index is 0.144. The Kier molecular flexibility index (Phi) is 7.39. The molecule has 5 nitrogen and oxygen atoms in total. The first-order chi connectivity index (χ1) is 14.2. The number of nitrogens with zero attached hydrogens (tertiary/aromatic N) is 2. The number of hydrogen-bond acceptors (Lipinski definition) is 5. The molecule has 0 saturated carbocycles. The molecule has 7 heteroatoms. The highest BCUT2D eigenvalue weighted by atomic mass is 32.2. The summed E-state index contributed by atoms with van der Waals surface area (Å²) in [7, 11) is 3.18. The van der Waals surface area contributed by atoms with Gasteiger partial charge in [-0.25, -0.2) is 0 Å². The summed E-state index contributed by atoms with van der Waals surface area (Å²) in [4.78, 5) is 18.5. The predicted octanol–water partition coefficient (Wildman–Crippen LogP) is 4.35. The third-order valence-electron chi connectivity index (χ3n) is 4.20. The summed E-state index contributed by atoms with van der Waals surface area (Å²) in [6.45, 7) is 0.325. The lowest BCUT2D eigenvalue weighted by Gasteiger charge is -2.08. The molecule has 0 saturated heterocycles. The monoisotopic (exact) mass is 426 g/mol. The summed E-state index contributed by atoms with van der Waals surface area (Å²) < 4.78 is 13.5. The number of rotatable bonds is 8. The molecule has 0 aliphatic carbocycles. The minimum atomic E-state index is -0.144. The van der Waals surface area contributed by atoms with E-state index in [-0.39, 0.29) is 5.91 Å². The van der Waals surface area contributed by atoms with Gasteiger partial charge in [0, 0.05) is 23.4 Å². The lowest BCUT2D eigenvalue weighted by molar-refractivity contribution is -0.118. The van der Waals surface area contributed by atoms with E-state index >= 15 is 0 Å². The van der Waals surface area contributed by atoms with Crippen molar-refractivity contribution in [3.8, 4) is 23.8 Å². The highest BCUT2D eigenvalue weighted by Gasteiger charge is 2.13. The number of benzene rings is 2. The second-order valence-corrected chi connectivity index (χ2v) is 8.30. The number of thiazole rings is 1. The second kappa shape index (κ2) is 10.2. The van der Waals surface area contributed by atoms with Gasteiger partial charge >= 0.3 is 0 Å². The highest BCUT2D eigenvalue weighted by Crippen LogP contribution is 2.33. The highest BCUT2D eigenvalue weighted by molar-refractivity contribution is 7.99. The van der Waals surface area contributed by atoms with Crippen LogP contribution in [0, 0.1) is 12.3 Å². The number of terminal acetylenes is 1. The lowest BCUT2D eigenvalue weighted by Crippen LogP contribution is -2.16. The van der Waals surface area contributed by atoms with Crippen molar-refractivity contribution >= 4 is 39.2 Å². The molecule has 150 valence electrons. The molecule has 3 rings (SSSR count). The second-order valence-electron chi connectivity index (χ2n) is 6.12. The van der Waals surface area contributed by atoms with Crippen molar-refractivity contribution in [1.82, 2.24) is 4.57 Å². The van der Waals surface area contributed by atoms with Crippen LogP contribution < -0.4 is 14.3 Å². The van der Waals surface area contributed by atoms with Gasteiger partial charge in [0.2, 0.25) is 5.91 Å². The van der Waals surface area contributed by atoms with Crippen molar-refractivity contribution in [2.75, 3.05) is 20.0 Å². The van der Waals surface area contributed by atoms with Crippen LogP contribution in [-0.4, -0.2) is 30.4 Å². The zero-order valence-electron chi connectivity index (χ0n) is 16.4. The number of hydrogen-bond donors (Lipinski definition) is 0. The SMILES string of the molecule is C#CCn1c(=NC(=O)CCCSc2ccccc2)sc2cc(OC)c(OC)cc21. The van der Waals surface area contributed by atoms with E-state index in [0.29, 0.717) is 29.3 Å². The first kappa shape index (κ1) is 21.0. The fourth-order valence-corrected chi connectivity index (χ4v) is 4.75. The molecule has 1 amide bonds. The Labute approximate surface area is 178 Å². The van der Waals surface area contributed by atoms with Gasteiger partial charge in [-0.05, 0) is 24.3 Å². The average Bonchev–Trinajstić information content (AvgIpc) is 3.07. The van der Waals surface area contributed by atoms with Crippen molar-refractivity contribution in [2.45, 2.75) is 24.3 Å². The lowest BCUT2D eigenvalue weighted by atomic mass is 10.3. The molecule has 29 heavy (non-hydrogen) atoms. The maximum atomic E-state index is 12.4. The van der Waals surface area contributed by atoms with Crippen LogP contribution >= 0.6 is 23.1 Å². The molecule has 0 N–H and O–H groups in total. The van der Waals surface area contributed by atoms with Gasteiger partial charge in [0.15, 0.2) is 16.3 Å². The van der Waals surface area contributed by atoms with Gasteiger partial charge in [0.25, 0.3) is 0 Å². The molecular weight excluding hydrogens is 404 g/mol.